The van der Waals surface area contributed by atoms with Gasteiger partial charge in [0.25, 0.3) is 11.8 Å². The minimum atomic E-state index is -3.56. The van der Waals surface area contributed by atoms with Crippen molar-refractivity contribution in [1.82, 2.24) is 9.29 Å². The lowest BCUT2D eigenvalue weighted by Crippen LogP contribution is -2.49. The molecule has 3 aliphatic heterocycles. The molecule has 12 heteroatoms. The van der Waals surface area contributed by atoms with Crippen molar-refractivity contribution >= 4 is 27.4 Å². The monoisotopic (exact) mass is 770 g/mol. The van der Waals surface area contributed by atoms with Crippen molar-refractivity contribution in [3.8, 4) is 5.75 Å². The second-order valence-electron chi connectivity index (χ2n) is 16.5. The van der Waals surface area contributed by atoms with E-state index >= 15 is 0 Å². The fourth-order valence-electron chi connectivity index (χ4n) is 9.46. The molecule has 1 N–H and O–H groups in total. The Bertz CT molecular complexity index is 2100. The highest BCUT2D eigenvalue weighted by Crippen LogP contribution is 2.47. The largest absolute Gasteiger partial charge is 0.490 e. The third-order valence-electron chi connectivity index (χ3n) is 12.4. The van der Waals surface area contributed by atoms with E-state index in [1.165, 1.54) is 16.7 Å². The molecule has 2 bridgehead atoms. The lowest BCUT2D eigenvalue weighted by molar-refractivity contribution is -0.0382. The number of allylic oxidation sites excluding steroid dienone is 1. The van der Waals surface area contributed by atoms with Crippen LogP contribution < -0.4 is 14.4 Å². The van der Waals surface area contributed by atoms with Crippen molar-refractivity contribution in [2.45, 2.75) is 83.1 Å². The Morgan fingerprint density at radius 1 is 1.13 bits per heavy atom. The first-order valence-corrected chi connectivity index (χ1v) is 21.5. The van der Waals surface area contributed by atoms with Gasteiger partial charge in [0.1, 0.15) is 15.7 Å². The van der Waals surface area contributed by atoms with Crippen LogP contribution >= 0.6 is 0 Å². The smallest absolute Gasteiger partial charge is 0.286 e. The Kier molecular flexibility index (Phi) is 10.7. The fraction of sp³-hybridized carbons (Fsp3) is 0.535. The first-order chi connectivity index (χ1) is 26.5. The van der Waals surface area contributed by atoms with E-state index in [0.717, 1.165) is 62.3 Å². The van der Waals surface area contributed by atoms with Crippen LogP contribution in [0.15, 0.2) is 65.2 Å². The van der Waals surface area contributed by atoms with Crippen LogP contribution in [0.1, 0.15) is 82.1 Å². The molecule has 294 valence electrons. The molecular weight excluding hydrogens is 717 g/mol. The van der Waals surface area contributed by atoms with Crippen molar-refractivity contribution < 1.29 is 32.7 Å². The quantitative estimate of drug-likeness (QED) is 0.296. The number of carbonyl (C=O) groups is 2. The van der Waals surface area contributed by atoms with Crippen LogP contribution in [0.3, 0.4) is 0 Å². The van der Waals surface area contributed by atoms with Crippen molar-refractivity contribution in [3.63, 3.8) is 0 Å². The third-order valence-corrected chi connectivity index (χ3v) is 14.4. The maximum absolute atomic E-state index is 14.8. The predicted molar refractivity (Wildman–Crippen MR) is 212 cm³/mol. The summed E-state index contributed by atoms with van der Waals surface area (Å²) in [5.41, 5.74) is 6.14. The van der Waals surface area contributed by atoms with Gasteiger partial charge in [0.05, 0.1) is 55.6 Å². The van der Waals surface area contributed by atoms with Gasteiger partial charge in [0.2, 0.25) is 0 Å². The number of fused-ring (bicyclic) bond motifs is 5. The molecule has 0 saturated heterocycles. The van der Waals surface area contributed by atoms with Gasteiger partial charge in [-0.15, -0.1) is 4.36 Å². The van der Waals surface area contributed by atoms with E-state index in [1.807, 2.05) is 23.6 Å². The van der Waals surface area contributed by atoms with Crippen LogP contribution in [0.5, 0.6) is 5.75 Å². The molecule has 5 aliphatic rings. The summed E-state index contributed by atoms with van der Waals surface area (Å²) in [7, 11) is -0.151. The van der Waals surface area contributed by atoms with Crippen LogP contribution in [0, 0.1) is 24.7 Å². The number of aryl methyl sites for hydroxylation is 2. The van der Waals surface area contributed by atoms with E-state index in [2.05, 4.69) is 51.3 Å². The molecule has 2 aliphatic carbocycles. The fourth-order valence-corrected chi connectivity index (χ4v) is 11.4. The van der Waals surface area contributed by atoms with Crippen molar-refractivity contribution in [1.29, 1.82) is 0 Å². The molecule has 0 radical (unpaired) electrons. The molecule has 2 aromatic carbocycles. The van der Waals surface area contributed by atoms with Crippen LogP contribution in [0.25, 0.3) is 0 Å². The Balaban J connectivity index is 1.16. The molecular formula is C43H54N4O7S. The minimum absolute atomic E-state index is 0.00664. The molecule has 11 nitrogen and oxygen atoms in total. The van der Waals surface area contributed by atoms with E-state index in [9.17, 15) is 13.8 Å². The maximum atomic E-state index is 14.8. The van der Waals surface area contributed by atoms with E-state index in [4.69, 9.17) is 18.9 Å². The van der Waals surface area contributed by atoms with Crippen molar-refractivity contribution in [2.24, 2.45) is 22.1 Å². The maximum Gasteiger partial charge on any atom is 0.286 e. The Morgan fingerprint density at radius 2 is 2.00 bits per heavy atom. The number of ether oxygens (including phenoxy) is 4. The number of carbonyl (C=O) groups excluding carboxylic acids is 2. The van der Waals surface area contributed by atoms with Gasteiger partial charge in [-0.1, -0.05) is 42.8 Å². The Hall–Kier alpha value is -3.97. The number of anilines is 1. The summed E-state index contributed by atoms with van der Waals surface area (Å²) in [6, 6.07) is 14.0. The summed E-state index contributed by atoms with van der Waals surface area (Å²) in [6.45, 7) is 7.53. The number of methoxy groups -OCH3 is 2. The average Bonchev–Trinajstić information content (AvgIpc) is 3.51. The summed E-state index contributed by atoms with van der Waals surface area (Å²) in [6.07, 6.45) is 11.7. The van der Waals surface area contributed by atoms with Gasteiger partial charge in [-0.3, -0.25) is 14.3 Å². The molecule has 1 saturated carbocycles. The highest BCUT2D eigenvalue weighted by Gasteiger charge is 2.44. The zero-order chi connectivity index (χ0) is 38.3. The van der Waals surface area contributed by atoms with Crippen molar-refractivity contribution in [2.75, 3.05) is 51.2 Å². The summed E-state index contributed by atoms with van der Waals surface area (Å²) in [4.78, 5) is 30.4. The summed E-state index contributed by atoms with van der Waals surface area (Å²) < 4.78 is 47.7. The van der Waals surface area contributed by atoms with E-state index < -0.39 is 21.7 Å². The summed E-state index contributed by atoms with van der Waals surface area (Å²) in [5.74, 6) is 0.155. The molecule has 2 amide bonds. The molecule has 7 atom stereocenters. The highest BCUT2D eigenvalue weighted by molar-refractivity contribution is 7.92. The number of hydrogen-bond donors (Lipinski definition) is 1. The van der Waals surface area contributed by atoms with Gasteiger partial charge in [-0.2, -0.15) is 0 Å². The zero-order valence-corrected chi connectivity index (χ0v) is 33.3. The lowest BCUT2D eigenvalue weighted by atomic mass is 9.68. The van der Waals surface area contributed by atoms with E-state index in [1.54, 1.807) is 32.5 Å². The molecule has 4 heterocycles. The molecule has 3 aromatic rings. The molecule has 1 fully saturated rings. The van der Waals surface area contributed by atoms with Gasteiger partial charge >= 0.3 is 0 Å². The van der Waals surface area contributed by atoms with Crippen LogP contribution in [0.2, 0.25) is 0 Å². The van der Waals surface area contributed by atoms with Crippen LogP contribution in [-0.4, -0.2) is 79.1 Å². The second kappa shape index (κ2) is 15.5. The topological polar surface area (TPSA) is 121 Å². The van der Waals surface area contributed by atoms with Crippen LogP contribution in [-0.2, 0) is 49.1 Å². The summed E-state index contributed by atoms with van der Waals surface area (Å²) >= 11 is 0. The number of nitrogens with one attached hydrogen (secondary N) is 1. The number of aromatic nitrogens is 1. The normalized spacial score (nSPS) is 31.1. The minimum Gasteiger partial charge on any atom is -0.490 e. The molecule has 1 aromatic heterocycles. The van der Waals surface area contributed by atoms with E-state index in [-0.39, 0.29) is 29.3 Å². The molecule has 1 unspecified atom stereocenters. The lowest BCUT2D eigenvalue weighted by Gasteiger charge is -2.46. The zero-order valence-electron chi connectivity index (χ0n) is 32.5. The number of rotatable bonds is 5. The molecule has 1 spiro atoms. The SMILES string of the molecule is COC[C@@H]1Cn2cc(C(=O)NS3(=O)=NC(=O)c4ccc5c(c4)N(C[C@@H]4CC[C@H]4[C@@H](OC)/C=C/C[C@H](C)C3)C[C@@]3(CCCc4cc(C)ccc43)CO5)cc2CO1. The van der Waals surface area contributed by atoms with Gasteiger partial charge in [-0.05, 0) is 98.6 Å². The van der Waals surface area contributed by atoms with Gasteiger partial charge in [-0.25, -0.2) is 4.21 Å². The predicted octanol–water partition coefficient (Wildman–Crippen LogP) is 6.41. The molecule has 8 rings (SSSR count). The first-order valence-electron chi connectivity index (χ1n) is 19.8. The first kappa shape index (κ1) is 37.9. The average molecular weight is 771 g/mol. The van der Waals surface area contributed by atoms with Gasteiger partial charge < -0.3 is 28.4 Å². The van der Waals surface area contributed by atoms with Crippen molar-refractivity contribution in [3.05, 3.63) is 94.3 Å². The number of benzene rings is 2. The van der Waals surface area contributed by atoms with E-state index in [0.29, 0.717) is 55.7 Å². The van der Waals surface area contributed by atoms with Gasteiger partial charge in [0, 0.05) is 50.2 Å². The number of amides is 2. The van der Waals surface area contributed by atoms with Gasteiger partial charge in [0.15, 0.2) is 0 Å². The highest BCUT2D eigenvalue weighted by atomic mass is 32.2. The molecule has 55 heavy (non-hydrogen) atoms. The Morgan fingerprint density at radius 3 is 2.80 bits per heavy atom. The summed E-state index contributed by atoms with van der Waals surface area (Å²) in [5, 5.41) is 0. The second-order valence-corrected chi connectivity index (χ2v) is 18.5. The number of hydrogen-bond acceptors (Lipinski definition) is 8. The third kappa shape index (κ3) is 7.75. The van der Waals surface area contributed by atoms with Crippen LogP contribution in [0.4, 0.5) is 5.69 Å². The Labute approximate surface area is 325 Å². The number of nitrogens with zero attached hydrogens (tertiary/aromatic N) is 3. The standard InChI is InChI=1S/C43H54N4O7S/c1-28-10-14-37-30(17-28)8-6-16-43(37)26-47-20-32-11-13-36(32)39(52-4)9-5-7-29(2)25-55(50,44-41(48)31-12-15-40(54-27-43)38(47)19-31)45-42(49)33-18-34-23-53-35(24-51-3)22-46(34)21-33/h5,9-10,12,14-15,17-19,21,29,32,35-36,39H,6-8,11,13,16,20,22-27H2,1-4H3,(H,44,45,48,49,50)/b9-5+/t29-,32-,35-,36+,39-,43-,55?/m0/s1.